The van der Waals surface area contributed by atoms with Crippen molar-refractivity contribution < 1.29 is 15.4 Å². The number of aliphatic carboxylic acids is 1. The highest BCUT2D eigenvalue weighted by Crippen LogP contribution is 2.34. The van der Waals surface area contributed by atoms with Crippen molar-refractivity contribution in [1.29, 1.82) is 0 Å². The molecule has 2 atom stereocenters. The third kappa shape index (κ3) is 2.75. The summed E-state index contributed by atoms with van der Waals surface area (Å²) >= 11 is 0. The minimum atomic E-state index is -0.930. The van der Waals surface area contributed by atoms with Crippen molar-refractivity contribution in [3.8, 4) is 0 Å². The molecule has 1 aliphatic heterocycles. The fourth-order valence-electron chi connectivity index (χ4n) is 2.14. The number of aryl methyl sites for hydroxylation is 1. The summed E-state index contributed by atoms with van der Waals surface area (Å²) in [4.78, 5) is 10.7. The number of fused-ring (bicyclic) bond motifs is 1. The number of hydrogen-bond acceptors (Lipinski definition) is 3. The standard InChI is InChI=1S/C12H16N2O2.H2O/c1-7-2-3-11-9(4-7)8(6-14-11)5-10(13)12(15)16;/h2-4,8,10,14H,5-6,13H2,1H3,(H,15,16);1H2. The first-order chi connectivity index (χ1) is 7.58. The van der Waals surface area contributed by atoms with Gasteiger partial charge in [0.15, 0.2) is 0 Å². The first-order valence-corrected chi connectivity index (χ1v) is 5.40. The average molecular weight is 238 g/mol. The summed E-state index contributed by atoms with van der Waals surface area (Å²) in [6.07, 6.45) is 0.485. The van der Waals surface area contributed by atoms with Crippen LogP contribution < -0.4 is 11.1 Å². The lowest BCUT2D eigenvalue weighted by Gasteiger charge is -2.13. The first-order valence-electron chi connectivity index (χ1n) is 5.40. The van der Waals surface area contributed by atoms with E-state index in [0.717, 1.165) is 12.2 Å². The molecule has 94 valence electrons. The van der Waals surface area contributed by atoms with Crippen LogP contribution in [-0.2, 0) is 4.79 Å². The maximum absolute atomic E-state index is 10.7. The van der Waals surface area contributed by atoms with Crippen LogP contribution in [0.25, 0.3) is 0 Å². The molecule has 0 spiro atoms. The smallest absolute Gasteiger partial charge is 0.320 e. The summed E-state index contributed by atoms with van der Waals surface area (Å²) < 4.78 is 0. The lowest BCUT2D eigenvalue weighted by Crippen LogP contribution is -2.32. The monoisotopic (exact) mass is 238 g/mol. The molecule has 1 heterocycles. The van der Waals surface area contributed by atoms with Gasteiger partial charge in [-0.2, -0.15) is 0 Å². The second-order valence-corrected chi connectivity index (χ2v) is 4.35. The van der Waals surface area contributed by atoms with Crippen molar-refractivity contribution in [3.63, 3.8) is 0 Å². The molecule has 0 radical (unpaired) electrons. The lowest BCUT2D eigenvalue weighted by molar-refractivity contribution is -0.138. The molecule has 2 unspecified atom stereocenters. The molecule has 0 amide bonds. The summed E-state index contributed by atoms with van der Waals surface area (Å²) in [6, 6.07) is 5.41. The molecular formula is C12H18N2O3. The SMILES string of the molecule is Cc1ccc2c(c1)C(CC(N)C(=O)O)CN2.O. The number of carboxylic acids is 1. The molecule has 1 aromatic rings. The van der Waals surface area contributed by atoms with Gasteiger partial charge in [0.05, 0.1) is 0 Å². The number of anilines is 1. The van der Waals surface area contributed by atoms with E-state index in [1.54, 1.807) is 0 Å². The Morgan fingerprint density at radius 3 is 3.00 bits per heavy atom. The molecule has 6 N–H and O–H groups in total. The molecule has 5 heteroatoms. The molecule has 0 aliphatic carbocycles. The van der Waals surface area contributed by atoms with Crippen molar-refractivity contribution in [2.75, 3.05) is 11.9 Å². The van der Waals surface area contributed by atoms with E-state index in [-0.39, 0.29) is 11.4 Å². The zero-order valence-corrected chi connectivity index (χ0v) is 9.73. The van der Waals surface area contributed by atoms with Crippen molar-refractivity contribution in [2.24, 2.45) is 5.73 Å². The molecule has 1 aliphatic rings. The highest BCUT2D eigenvalue weighted by Gasteiger charge is 2.26. The fourth-order valence-corrected chi connectivity index (χ4v) is 2.14. The van der Waals surface area contributed by atoms with Gasteiger partial charge in [0, 0.05) is 18.2 Å². The van der Waals surface area contributed by atoms with E-state index in [1.807, 2.05) is 19.1 Å². The van der Waals surface area contributed by atoms with Gasteiger partial charge in [-0.1, -0.05) is 17.7 Å². The Morgan fingerprint density at radius 2 is 2.35 bits per heavy atom. The topological polar surface area (TPSA) is 107 Å². The lowest BCUT2D eigenvalue weighted by atomic mass is 9.93. The maximum atomic E-state index is 10.7. The van der Waals surface area contributed by atoms with Crippen molar-refractivity contribution >= 4 is 11.7 Å². The molecule has 0 aromatic heterocycles. The first kappa shape index (κ1) is 13.5. The number of hydrogen-bond donors (Lipinski definition) is 3. The molecule has 17 heavy (non-hydrogen) atoms. The number of benzene rings is 1. The van der Waals surface area contributed by atoms with Crippen LogP contribution in [-0.4, -0.2) is 29.1 Å². The van der Waals surface area contributed by atoms with E-state index < -0.39 is 12.0 Å². The third-order valence-corrected chi connectivity index (χ3v) is 3.04. The third-order valence-electron chi connectivity index (χ3n) is 3.04. The van der Waals surface area contributed by atoms with Crippen LogP contribution in [0.2, 0.25) is 0 Å². The zero-order chi connectivity index (χ0) is 11.7. The van der Waals surface area contributed by atoms with Crippen molar-refractivity contribution in [3.05, 3.63) is 29.3 Å². The number of nitrogens with two attached hydrogens (primary N) is 1. The number of nitrogens with one attached hydrogen (secondary N) is 1. The minimum absolute atomic E-state index is 0. The van der Waals surface area contributed by atoms with Gasteiger partial charge in [-0.3, -0.25) is 4.79 Å². The zero-order valence-electron chi connectivity index (χ0n) is 9.73. The van der Waals surface area contributed by atoms with Gasteiger partial charge in [-0.25, -0.2) is 0 Å². The molecule has 1 aromatic carbocycles. The van der Waals surface area contributed by atoms with Gasteiger partial charge >= 0.3 is 5.97 Å². The molecule has 0 saturated heterocycles. The molecule has 0 fully saturated rings. The molecule has 5 nitrogen and oxygen atoms in total. The number of carbonyl (C=O) groups is 1. The summed E-state index contributed by atoms with van der Waals surface area (Å²) in [5.41, 5.74) is 9.05. The highest BCUT2D eigenvalue weighted by atomic mass is 16.4. The van der Waals surface area contributed by atoms with Gasteiger partial charge in [0.2, 0.25) is 0 Å². The molecule has 2 rings (SSSR count). The molecule has 0 bridgehead atoms. The predicted octanol–water partition coefficient (Wildman–Crippen LogP) is 0.481. The Balaban J connectivity index is 0.00000144. The van der Waals surface area contributed by atoms with E-state index in [4.69, 9.17) is 10.8 Å². The Morgan fingerprint density at radius 1 is 1.65 bits per heavy atom. The normalized spacial score (nSPS) is 18.8. The van der Waals surface area contributed by atoms with E-state index in [2.05, 4.69) is 11.4 Å². The van der Waals surface area contributed by atoms with Gasteiger partial charge in [-0.15, -0.1) is 0 Å². The quantitative estimate of drug-likeness (QED) is 0.711. The Labute approximate surface area is 99.9 Å². The van der Waals surface area contributed by atoms with E-state index in [1.165, 1.54) is 11.1 Å². The average Bonchev–Trinajstić information content (AvgIpc) is 2.61. The van der Waals surface area contributed by atoms with Crippen LogP contribution in [0.1, 0.15) is 23.5 Å². The van der Waals surface area contributed by atoms with Crippen LogP contribution >= 0.6 is 0 Å². The fraction of sp³-hybridized carbons (Fsp3) is 0.417. The molecular weight excluding hydrogens is 220 g/mol. The van der Waals surface area contributed by atoms with Crippen LogP contribution in [0.15, 0.2) is 18.2 Å². The van der Waals surface area contributed by atoms with Gasteiger partial charge in [0.25, 0.3) is 0 Å². The summed E-state index contributed by atoms with van der Waals surface area (Å²) in [5, 5.41) is 12.1. The Kier molecular flexibility index (Phi) is 4.09. The second kappa shape index (κ2) is 5.16. The van der Waals surface area contributed by atoms with Crippen molar-refractivity contribution in [1.82, 2.24) is 0 Å². The van der Waals surface area contributed by atoms with E-state index in [9.17, 15) is 4.79 Å². The molecule has 0 saturated carbocycles. The van der Waals surface area contributed by atoms with Gasteiger partial charge in [0.1, 0.15) is 6.04 Å². The maximum Gasteiger partial charge on any atom is 0.320 e. The van der Waals surface area contributed by atoms with Gasteiger partial charge in [-0.05, 0) is 25.0 Å². The van der Waals surface area contributed by atoms with Crippen molar-refractivity contribution in [2.45, 2.75) is 25.3 Å². The van der Waals surface area contributed by atoms with Crippen LogP contribution in [0.5, 0.6) is 0 Å². The Bertz CT molecular complexity index is 420. The number of carboxylic acid groups (broad SMARTS) is 1. The summed E-state index contributed by atoms with van der Waals surface area (Å²) in [5.74, 6) is -0.720. The summed E-state index contributed by atoms with van der Waals surface area (Å²) in [7, 11) is 0. The number of rotatable bonds is 3. The van der Waals surface area contributed by atoms with Crippen LogP contribution in [0.3, 0.4) is 0 Å². The second-order valence-electron chi connectivity index (χ2n) is 4.35. The van der Waals surface area contributed by atoms with Gasteiger partial charge < -0.3 is 21.6 Å². The predicted molar refractivity (Wildman–Crippen MR) is 66.3 cm³/mol. The summed E-state index contributed by atoms with van der Waals surface area (Å²) in [6.45, 7) is 2.81. The Hall–Kier alpha value is -1.59. The largest absolute Gasteiger partial charge is 0.480 e. The van der Waals surface area contributed by atoms with E-state index in [0.29, 0.717) is 6.42 Å². The van der Waals surface area contributed by atoms with Crippen LogP contribution in [0.4, 0.5) is 5.69 Å². The minimum Gasteiger partial charge on any atom is -0.480 e. The highest BCUT2D eigenvalue weighted by molar-refractivity contribution is 5.73. The van der Waals surface area contributed by atoms with E-state index >= 15 is 0 Å². The van der Waals surface area contributed by atoms with Crippen LogP contribution in [0, 0.1) is 6.92 Å².